The molecule has 1 atom stereocenters. The Kier molecular flexibility index (Phi) is 5.51. The normalized spacial score (nSPS) is 19.9. The number of nitrogens with zero attached hydrogens (tertiary/aromatic N) is 1. The van der Waals surface area contributed by atoms with Crippen molar-refractivity contribution in [3.8, 4) is 0 Å². The van der Waals surface area contributed by atoms with E-state index in [0.29, 0.717) is 19.5 Å². The number of benzene rings is 2. The number of anilines is 1. The molecule has 1 aliphatic carbocycles. The number of halogens is 1. The Bertz CT molecular complexity index is 923. The molecule has 152 valence electrons. The molecular formula is C23H27FN4O. The van der Waals surface area contributed by atoms with Gasteiger partial charge in [0.2, 0.25) is 5.91 Å². The molecule has 2 aromatic carbocycles. The van der Waals surface area contributed by atoms with Gasteiger partial charge in [0, 0.05) is 36.5 Å². The second kappa shape index (κ2) is 8.23. The molecule has 29 heavy (non-hydrogen) atoms. The van der Waals surface area contributed by atoms with Gasteiger partial charge in [-0.2, -0.15) is 0 Å². The third kappa shape index (κ3) is 4.42. The zero-order chi connectivity index (χ0) is 20.3. The molecule has 0 radical (unpaired) electrons. The van der Waals surface area contributed by atoms with Gasteiger partial charge in [0.25, 0.3) is 0 Å². The lowest BCUT2D eigenvalue weighted by Crippen LogP contribution is -2.41. The van der Waals surface area contributed by atoms with Crippen molar-refractivity contribution >= 4 is 17.6 Å². The monoisotopic (exact) mass is 394 g/mol. The molecule has 0 bridgehead atoms. The van der Waals surface area contributed by atoms with Gasteiger partial charge in [-0.25, -0.2) is 4.39 Å². The summed E-state index contributed by atoms with van der Waals surface area (Å²) < 4.78 is 13.6. The summed E-state index contributed by atoms with van der Waals surface area (Å²) in [6.45, 7) is 4.03. The van der Waals surface area contributed by atoms with Gasteiger partial charge in [-0.05, 0) is 49.1 Å². The Balaban J connectivity index is 1.44. The highest BCUT2D eigenvalue weighted by atomic mass is 19.1. The number of carbonyl (C=O) groups is 1. The van der Waals surface area contributed by atoms with E-state index in [-0.39, 0.29) is 23.1 Å². The van der Waals surface area contributed by atoms with Gasteiger partial charge in [0.15, 0.2) is 5.96 Å². The van der Waals surface area contributed by atoms with E-state index in [4.69, 9.17) is 4.99 Å². The third-order valence-corrected chi connectivity index (χ3v) is 5.80. The predicted molar refractivity (Wildman–Crippen MR) is 114 cm³/mol. The van der Waals surface area contributed by atoms with E-state index in [1.165, 1.54) is 6.07 Å². The Hall–Kier alpha value is -2.89. The van der Waals surface area contributed by atoms with E-state index in [1.54, 1.807) is 12.1 Å². The Morgan fingerprint density at radius 1 is 1.21 bits per heavy atom. The number of amides is 1. The van der Waals surface area contributed by atoms with E-state index in [1.807, 2.05) is 31.2 Å². The number of nitrogens with one attached hydrogen (secondary N) is 3. The summed E-state index contributed by atoms with van der Waals surface area (Å²) >= 11 is 0. The first-order valence-electron chi connectivity index (χ1n) is 10.3. The van der Waals surface area contributed by atoms with Gasteiger partial charge in [0.1, 0.15) is 5.82 Å². The second-order valence-electron chi connectivity index (χ2n) is 7.90. The van der Waals surface area contributed by atoms with Crippen molar-refractivity contribution < 1.29 is 9.18 Å². The Morgan fingerprint density at radius 3 is 2.79 bits per heavy atom. The minimum absolute atomic E-state index is 0.0421. The van der Waals surface area contributed by atoms with Gasteiger partial charge in [-0.3, -0.25) is 9.79 Å². The molecule has 1 saturated carbocycles. The average Bonchev–Trinajstić information content (AvgIpc) is 3.51. The van der Waals surface area contributed by atoms with Crippen molar-refractivity contribution in [1.82, 2.24) is 10.6 Å². The van der Waals surface area contributed by atoms with Crippen LogP contribution in [0.1, 0.15) is 43.2 Å². The number of hydrogen-bond donors (Lipinski definition) is 3. The first kappa shape index (κ1) is 19.4. The highest BCUT2D eigenvalue weighted by Crippen LogP contribution is 2.48. The maximum Gasteiger partial charge on any atom is 0.225 e. The lowest BCUT2D eigenvalue weighted by atomic mass is 9.90. The first-order chi connectivity index (χ1) is 14.1. The van der Waals surface area contributed by atoms with Crippen LogP contribution >= 0.6 is 0 Å². The minimum Gasteiger partial charge on any atom is -0.357 e. The fourth-order valence-corrected chi connectivity index (χ4v) is 3.98. The van der Waals surface area contributed by atoms with Gasteiger partial charge >= 0.3 is 0 Å². The van der Waals surface area contributed by atoms with Crippen LogP contribution in [0.4, 0.5) is 10.1 Å². The van der Waals surface area contributed by atoms with Gasteiger partial charge in [-0.15, -0.1) is 0 Å². The fourth-order valence-electron chi connectivity index (χ4n) is 3.98. The smallest absolute Gasteiger partial charge is 0.225 e. The van der Waals surface area contributed by atoms with Crippen LogP contribution < -0.4 is 16.0 Å². The van der Waals surface area contributed by atoms with Crippen molar-refractivity contribution in [3.05, 3.63) is 65.5 Å². The summed E-state index contributed by atoms with van der Waals surface area (Å²) in [5.74, 6) is 0.679. The second-order valence-corrected chi connectivity index (χ2v) is 7.90. The van der Waals surface area contributed by atoms with Crippen LogP contribution in [-0.2, 0) is 10.2 Å². The molecule has 5 nitrogen and oxygen atoms in total. The minimum atomic E-state index is -0.197. The van der Waals surface area contributed by atoms with Crippen molar-refractivity contribution in [2.24, 2.45) is 4.99 Å². The van der Waals surface area contributed by atoms with E-state index in [9.17, 15) is 9.18 Å². The van der Waals surface area contributed by atoms with Gasteiger partial charge in [-0.1, -0.05) is 30.3 Å². The van der Waals surface area contributed by atoms with Crippen molar-refractivity contribution in [2.75, 3.05) is 25.0 Å². The molecule has 6 heteroatoms. The van der Waals surface area contributed by atoms with Crippen LogP contribution in [0.2, 0.25) is 0 Å². The van der Waals surface area contributed by atoms with Crippen LogP contribution in [-0.4, -0.2) is 31.5 Å². The number of hydrogen-bond acceptors (Lipinski definition) is 2. The number of rotatable bonds is 6. The molecule has 2 aliphatic rings. The number of fused-ring (bicyclic) bond motifs is 1. The predicted octanol–water partition coefficient (Wildman–Crippen LogP) is 3.54. The highest BCUT2D eigenvalue weighted by Gasteiger charge is 2.44. The van der Waals surface area contributed by atoms with Crippen LogP contribution in [0.5, 0.6) is 0 Å². The van der Waals surface area contributed by atoms with Gasteiger partial charge in [0.05, 0.1) is 6.54 Å². The lowest BCUT2D eigenvalue weighted by molar-refractivity contribution is -0.116. The summed E-state index contributed by atoms with van der Waals surface area (Å²) in [7, 11) is 0. The van der Waals surface area contributed by atoms with Crippen LogP contribution in [0, 0.1) is 5.82 Å². The molecule has 4 rings (SSSR count). The Labute approximate surface area is 170 Å². The molecule has 1 fully saturated rings. The third-order valence-electron chi connectivity index (χ3n) is 5.80. The van der Waals surface area contributed by atoms with E-state index in [0.717, 1.165) is 42.2 Å². The molecular weight excluding hydrogens is 367 g/mol. The zero-order valence-corrected chi connectivity index (χ0v) is 16.7. The maximum atomic E-state index is 13.6. The van der Waals surface area contributed by atoms with Crippen LogP contribution in [0.15, 0.2) is 53.5 Å². The van der Waals surface area contributed by atoms with Crippen molar-refractivity contribution in [1.29, 1.82) is 0 Å². The molecule has 0 spiro atoms. The molecule has 1 aliphatic heterocycles. The SMILES string of the molecule is CCNC(=NCC1(c2cccc(F)c2)CC1)NCC1CC(=O)Nc2ccccc21. The highest BCUT2D eigenvalue weighted by molar-refractivity contribution is 5.94. The van der Waals surface area contributed by atoms with E-state index < -0.39 is 0 Å². The number of para-hydroxylation sites is 1. The van der Waals surface area contributed by atoms with Crippen molar-refractivity contribution in [2.45, 2.75) is 37.5 Å². The molecule has 1 unspecified atom stereocenters. The number of guanidine groups is 1. The van der Waals surface area contributed by atoms with E-state index >= 15 is 0 Å². The van der Waals surface area contributed by atoms with E-state index in [2.05, 4.69) is 22.0 Å². The van der Waals surface area contributed by atoms with Crippen molar-refractivity contribution in [3.63, 3.8) is 0 Å². The van der Waals surface area contributed by atoms with Crippen LogP contribution in [0.25, 0.3) is 0 Å². The summed E-state index contributed by atoms with van der Waals surface area (Å²) in [6, 6.07) is 14.8. The molecule has 0 saturated heterocycles. The largest absolute Gasteiger partial charge is 0.357 e. The molecule has 0 aromatic heterocycles. The summed E-state index contributed by atoms with van der Waals surface area (Å²) in [5, 5.41) is 9.62. The lowest BCUT2D eigenvalue weighted by Gasteiger charge is -2.26. The Morgan fingerprint density at radius 2 is 2.03 bits per heavy atom. The molecule has 2 aromatic rings. The maximum absolute atomic E-state index is 13.6. The fraction of sp³-hybridized carbons (Fsp3) is 0.391. The first-order valence-corrected chi connectivity index (χ1v) is 10.3. The molecule has 1 heterocycles. The zero-order valence-electron chi connectivity index (χ0n) is 16.7. The topological polar surface area (TPSA) is 65.5 Å². The average molecular weight is 394 g/mol. The van der Waals surface area contributed by atoms with Gasteiger partial charge < -0.3 is 16.0 Å². The molecule has 3 N–H and O–H groups in total. The summed E-state index contributed by atoms with van der Waals surface area (Å²) in [6.07, 6.45) is 2.50. The van der Waals surface area contributed by atoms with Crippen LogP contribution in [0.3, 0.4) is 0 Å². The quantitative estimate of drug-likeness (QED) is 0.519. The number of aliphatic imine (C=N–C) groups is 1. The summed E-state index contributed by atoms with van der Waals surface area (Å²) in [5.41, 5.74) is 3.01. The molecule has 1 amide bonds. The summed E-state index contributed by atoms with van der Waals surface area (Å²) in [4.78, 5) is 16.8. The standard InChI is InChI=1S/C23H27FN4O/c1-2-25-22(27-15-23(10-11-23)17-6-5-7-18(24)13-17)26-14-16-12-21(29)28-20-9-4-3-8-19(16)20/h3-9,13,16H,2,10-12,14-15H2,1H3,(H,28,29)(H2,25,26,27). The number of carbonyl (C=O) groups excluding carboxylic acids is 1.